The molecule has 0 radical (unpaired) electrons. The summed E-state index contributed by atoms with van der Waals surface area (Å²) in [6.07, 6.45) is 3.36. The summed E-state index contributed by atoms with van der Waals surface area (Å²) in [5.74, 6) is -0.885. The number of nitrogens with one attached hydrogen (secondary N) is 1. The number of carbonyl (C=O) groups is 3. The fraction of sp³-hybridized carbons (Fsp3) is 0.583. The Balaban J connectivity index is 0.00000261. The van der Waals surface area contributed by atoms with Crippen LogP contribution in [0.4, 0.5) is 4.79 Å². The minimum Gasteiger partial charge on any atom is -0.724 e. The maximum atomic E-state index is 12.3. The number of piperidine rings is 1. The zero-order valence-corrected chi connectivity index (χ0v) is 17.2. The van der Waals surface area contributed by atoms with E-state index in [0.29, 0.717) is 5.06 Å². The van der Waals surface area contributed by atoms with E-state index in [-0.39, 0.29) is 67.8 Å². The quantitative estimate of drug-likeness (QED) is 0.262. The zero-order chi connectivity index (χ0) is 18.9. The number of hydrogen-bond acceptors (Lipinski definition) is 9. The summed E-state index contributed by atoms with van der Waals surface area (Å²) in [4.78, 5) is 38.6. The Morgan fingerprint density at radius 1 is 1.30 bits per heavy atom. The molecule has 2 bridgehead atoms. The van der Waals surface area contributed by atoms with Gasteiger partial charge in [0.15, 0.2) is 5.78 Å². The maximum absolute atomic E-state index is 12.3. The molecular formula is C12H15N6NaO7S. The Bertz CT molecular complexity index is 816. The van der Waals surface area contributed by atoms with Crippen molar-refractivity contribution in [3.63, 3.8) is 0 Å². The van der Waals surface area contributed by atoms with Crippen molar-refractivity contribution in [2.45, 2.75) is 31.5 Å². The monoisotopic (exact) mass is 410 g/mol. The van der Waals surface area contributed by atoms with E-state index in [1.807, 2.05) is 0 Å². The molecule has 0 saturated carbocycles. The number of ketones is 1. The molecule has 0 aliphatic carbocycles. The molecule has 13 nitrogen and oxygen atoms in total. The first-order valence-corrected chi connectivity index (χ1v) is 8.96. The van der Waals surface area contributed by atoms with Crippen LogP contribution in [-0.2, 0) is 30.8 Å². The van der Waals surface area contributed by atoms with Gasteiger partial charge in [-0.05, 0) is 12.8 Å². The van der Waals surface area contributed by atoms with Crippen molar-refractivity contribution in [2.24, 2.45) is 0 Å². The fourth-order valence-corrected chi connectivity index (χ4v) is 3.33. The van der Waals surface area contributed by atoms with Crippen LogP contribution in [0.3, 0.4) is 0 Å². The maximum Gasteiger partial charge on any atom is 1.00 e. The number of urea groups is 1. The number of hydroxylamine groups is 2. The van der Waals surface area contributed by atoms with Crippen LogP contribution in [0.5, 0.6) is 0 Å². The number of hydrogen-bond donors (Lipinski definition) is 1. The van der Waals surface area contributed by atoms with Gasteiger partial charge < -0.3 is 14.8 Å². The van der Waals surface area contributed by atoms with Gasteiger partial charge in [0.05, 0.1) is 25.0 Å². The number of rotatable bonds is 7. The van der Waals surface area contributed by atoms with E-state index in [0.717, 1.165) is 4.90 Å². The van der Waals surface area contributed by atoms with E-state index >= 15 is 0 Å². The minimum atomic E-state index is -5.09. The molecule has 1 N–H and O–H groups in total. The molecule has 0 spiro atoms. The van der Waals surface area contributed by atoms with Gasteiger partial charge in [-0.25, -0.2) is 13.2 Å². The second-order valence-corrected chi connectivity index (χ2v) is 6.77. The van der Waals surface area contributed by atoms with E-state index in [2.05, 4.69) is 19.8 Å². The molecule has 0 unspecified atom stereocenters. The standard InChI is InChI=1S/C12H16N6O7S.Na/c19-9(7-17-14-3-4-15-17)5-13-11(20)10-2-1-8-6-16(10)12(21)18(8)25-26(22,23)24;/h3-4,8,10H,1-2,5-7H2,(H,13,20)(H,22,23,24);/q;+1/p-1/t8-,10+;/m1./s1. The van der Waals surface area contributed by atoms with Gasteiger partial charge in [0.1, 0.15) is 12.6 Å². The first kappa shape index (κ1) is 21.7. The van der Waals surface area contributed by atoms with Crippen LogP contribution in [0.2, 0.25) is 0 Å². The van der Waals surface area contributed by atoms with Crippen molar-refractivity contribution >= 4 is 28.1 Å². The Hall–Kier alpha value is -1.58. The number of fused-ring (bicyclic) bond motifs is 2. The first-order valence-electron chi connectivity index (χ1n) is 7.63. The predicted molar refractivity (Wildman–Crippen MR) is 79.6 cm³/mol. The normalized spacial score (nSPS) is 21.7. The van der Waals surface area contributed by atoms with Crippen LogP contribution >= 0.6 is 0 Å². The topological polar surface area (TPSA) is 167 Å². The van der Waals surface area contributed by atoms with Crippen LogP contribution in [-0.4, -0.2) is 80.8 Å². The number of nitrogens with zero attached hydrogens (tertiary/aromatic N) is 5. The van der Waals surface area contributed by atoms with Crippen molar-refractivity contribution < 1.29 is 61.2 Å². The first-order chi connectivity index (χ1) is 12.2. The van der Waals surface area contributed by atoms with Crippen molar-refractivity contribution in [3.05, 3.63) is 12.4 Å². The van der Waals surface area contributed by atoms with Gasteiger partial charge in [0.2, 0.25) is 16.3 Å². The Kier molecular flexibility index (Phi) is 6.93. The summed E-state index contributed by atoms with van der Waals surface area (Å²) in [6, 6.07) is -2.38. The summed E-state index contributed by atoms with van der Waals surface area (Å²) in [6.45, 7) is -0.319. The second-order valence-electron chi connectivity index (χ2n) is 5.81. The van der Waals surface area contributed by atoms with Gasteiger partial charge in [-0.15, -0.1) is 0 Å². The molecule has 3 heterocycles. The van der Waals surface area contributed by atoms with Crippen LogP contribution in [0.15, 0.2) is 12.4 Å². The van der Waals surface area contributed by atoms with Gasteiger partial charge in [-0.2, -0.15) is 24.3 Å². The molecule has 1 aromatic heterocycles. The van der Waals surface area contributed by atoms with E-state index in [4.69, 9.17) is 0 Å². The van der Waals surface area contributed by atoms with Gasteiger partial charge >= 0.3 is 35.6 Å². The third-order valence-corrected chi connectivity index (χ3v) is 4.38. The molecule has 142 valence electrons. The second kappa shape index (κ2) is 8.62. The molecule has 2 atom stereocenters. The molecule has 3 rings (SSSR count). The molecule has 0 aromatic carbocycles. The SMILES string of the molecule is O=C(CNC(=O)[C@@H]1CC[C@@H]2CN1C(=O)N2OS(=O)(=O)[O-])Cn1nccn1.[Na+]. The zero-order valence-electron chi connectivity index (χ0n) is 14.3. The van der Waals surface area contributed by atoms with Crippen molar-refractivity contribution in [3.8, 4) is 0 Å². The van der Waals surface area contributed by atoms with Gasteiger partial charge in [-0.1, -0.05) is 0 Å². The number of aromatic nitrogens is 3. The van der Waals surface area contributed by atoms with Crippen LogP contribution in [0, 0.1) is 0 Å². The average Bonchev–Trinajstić information content (AvgIpc) is 3.15. The van der Waals surface area contributed by atoms with E-state index in [1.54, 1.807) is 0 Å². The third-order valence-electron chi connectivity index (χ3n) is 4.04. The van der Waals surface area contributed by atoms with Crippen molar-refractivity contribution in [1.82, 2.24) is 30.3 Å². The summed E-state index contributed by atoms with van der Waals surface area (Å²) >= 11 is 0. The molecule has 2 aliphatic heterocycles. The molecule has 15 heteroatoms. The Morgan fingerprint density at radius 3 is 2.59 bits per heavy atom. The third kappa shape index (κ3) is 5.24. The van der Waals surface area contributed by atoms with E-state index in [9.17, 15) is 27.4 Å². The van der Waals surface area contributed by atoms with Crippen LogP contribution in [0.25, 0.3) is 0 Å². The molecular weight excluding hydrogens is 395 g/mol. The Morgan fingerprint density at radius 2 is 1.96 bits per heavy atom. The molecule has 3 amide bonds. The Labute approximate surface area is 176 Å². The molecule has 27 heavy (non-hydrogen) atoms. The molecule has 1 aromatic rings. The summed E-state index contributed by atoms with van der Waals surface area (Å²) < 4.78 is 36.3. The van der Waals surface area contributed by atoms with Gasteiger partial charge in [0, 0.05) is 6.54 Å². The smallest absolute Gasteiger partial charge is 0.724 e. The predicted octanol–water partition coefficient (Wildman–Crippen LogP) is -5.37. The average molecular weight is 410 g/mol. The summed E-state index contributed by atoms with van der Waals surface area (Å²) in [7, 11) is -5.09. The van der Waals surface area contributed by atoms with Crippen LogP contribution < -0.4 is 34.9 Å². The van der Waals surface area contributed by atoms with Crippen molar-refractivity contribution in [1.29, 1.82) is 0 Å². The minimum absolute atomic E-state index is 0. The fourth-order valence-electron chi connectivity index (χ4n) is 2.94. The number of carbonyl (C=O) groups excluding carboxylic acids is 3. The van der Waals surface area contributed by atoms with E-state index < -0.39 is 34.4 Å². The van der Waals surface area contributed by atoms with Gasteiger partial charge in [0.25, 0.3) is 0 Å². The largest absolute Gasteiger partial charge is 1.00 e. The summed E-state index contributed by atoms with van der Waals surface area (Å²) in [5.41, 5.74) is 0. The molecule has 2 saturated heterocycles. The molecule has 2 fully saturated rings. The summed E-state index contributed by atoms with van der Waals surface area (Å²) in [5, 5.41) is 10.5. The van der Waals surface area contributed by atoms with Crippen molar-refractivity contribution in [2.75, 3.05) is 13.1 Å². The van der Waals surface area contributed by atoms with Crippen LogP contribution in [0.1, 0.15) is 12.8 Å². The van der Waals surface area contributed by atoms with E-state index in [1.165, 1.54) is 17.2 Å². The van der Waals surface area contributed by atoms with Gasteiger partial charge in [-0.3, -0.25) is 9.59 Å². The molecule has 2 aliphatic rings. The number of Topliss-reactive ketones (excluding diaryl/α,β-unsaturated/α-hetero) is 1. The number of amides is 3.